The summed E-state index contributed by atoms with van der Waals surface area (Å²) in [5, 5.41) is 3.75. The maximum Gasteiger partial charge on any atom is 1.00 e. The zero-order chi connectivity index (χ0) is 23.9. The molecule has 0 saturated heterocycles. The largest absolute Gasteiger partial charge is 1.00 e. The molecule has 3 aromatic carbocycles. The van der Waals surface area contributed by atoms with Gasteiger partial charge in [0.05, 0.1) is 14.2 Å². The fraction of sp³-hybridized carbons (Fsp3) is 0.192. The van der Waals surface area contributed by atoms with Crippen molar-refractivity contribution in [1.82, 2.24) is 0 Å². The molecule has 4 nitrogen and oxygen atoms in total. The van der Waals surface area contributed by atoms with E-state index in [4.69, 9.17) is 38.5 Å². The van der Waals surface area contributed by atoms with Crippen LogP contribution in [0.25, 0.3) is 0 Å². The number of benzene rings is 3. The predicted octanol–water partition coefficient (Wildman–Crippen LogP) is 3.98. The number of methoxy groups -OCH3 is 2. The van der Waals surface area contributed by atoms with Gasteiger partial charge in [0.25, 0.3) is 0 Å². The maximum absolute atomic E-state index is 8.69. The first-order valence-corrected chi connectivity index (χ1v) is 10.3. The third-order valence-electron chi connectivity index (χ3n) is 3.07. The van der Waals surface area contributed by atoms with Crippen molar-refractivity contribution in [3.63, 3.8) is 0 Å². The molecule has 0 spiro atoms. The van der Waals surface area contributed by atoms with Crippen LogP contribution in [0.15, 0.2) is 77.7 Å². The average molecular weight is 499 g/mol. The van der Waals surface area contributed by atoms with Gasteiger partial charge in [-0.05, 0) is 24.5 Å². The molecule has 0 radical (unpaired) electrons. The number of anilines is 1. The number of hydrogen-bond acceptors (Lipinski definition) is 5. The zero-order valence-electron chi connectivity index (χ0n) is 20.7. The number of carbonyl (C=O) groups excluding carboxylic acids is 1. The van der Waals surface area contributed by atoms with Gasteiger partial charge in [0.1, 0.15) is 0 Å². The second-order valence-corrected chi connectivity index (χ2v) is 5.94. The van der Waals surface area contributed by atoms with Gasteiger partial charge in [-0.3, -0.25) is 0 Å². The van der Waals surface area contributed by atoms with Gasteiger partial charge in [-0.15, -0.1) is 24.3 Å². The number of rotatable bonds is 3. The molecule has 0 aliphatic heterocycles. The van der Waals surface area contributed by atoms with Crippen molar-refractivity contribution in [2.45, 2.75) is 18.7 Å². The standard InChI is InChI=1S/C8H9O2.C7H8ClN.C6H6S.C2H3O.C2H6.CH3.Na/c1-9-7-3-5-8(10-2)6-4-7;1-9-7-4-2-3-6(8)5-7;7-6-4-2-1-3-5-6;1-2-3;1-2;;/h3-5H,1-2H3;2-5,9H,1H3;1-5,7H;2H,1H2;1-2H3;1H3;/q-1;;;-1;;-1;+1/p-1. The minimum absolute atomic E-state index is 0. The summed E-state index contributed by atoms with van der Waals surface area (Å²) in [7, 11) is 5.10. The van der Waals surface area contributed by atoms with E-state index in [1.54, 1.807) is 26.4 Å². The van der Waals surface area contributed by atoms with Crippen LogP contribution >= 0.6 is 11.6 Å². The molecule has 33 heavy (non-hydrogen) atoms. The van der Waals surface area contributed by atoms with Crippen molar-refractivity contribution in [2.75, 3.05) is 26.6 Å². The molecular weight excluding hydrogens is 465 g/mol. The Morgan fingerprint density at radius 3 is 1.88 bits per heavy atom. The maximum atomic E-state index is 8.69. The Morgan fingerprint density at radius 1 is 1.00 bits per heavy atom. The van der Waals surface area contributed by atoms with E-state index in [1.807, 2.05) is 81.6 Å². The van der Waals surface area contributed by atoms with Gasteiger partial charge in [-0.25, -0.2) is 0 Å². The van der Waals surface area contributed by atoms with Crippen LogP contribution in [-0.2, 0) is 17.4 Å². The molecule has 3 rings (SSSR count). The summed E-state index contributed by atoms with van der Waals surface area (Å²) in [4.78, 5) is 9.60. The molecule has 0 saturated carbocycles. The second kappa shape index (κ2) is 28.1. The van der Waals surface area contributed by atoms with Crippen molar-refractivity contribution in [3.05, 3.63) is 98.2 Å². The molecule has 0 atom stereocenters. The van der Waals surface area contributed by atoms with Crippen LogP contribution in [0.3, 0.4) is 0 Å². The fourth-order valence-electron chi connectivity index (χ4n) is 1.71. The Balaban J connectivity index is -0.000000171. The molecular formula is C26H34ClNNaO3S-3. The Labute approximate surface area is 233 Å². The summed E-state index contributed by atoms with van der Waals surface area (Å²) in [6.45, 7) is 6.81. The molecule has 178 valence electrons. The van der Waals surface area contributed by atoms with Crippen LogP contribution in [0.5, 0.6) is 11.5 Å². The smallest absolute Gasteiger partial charge is 0.780 e. The van der Waals surface area contributed by atoms with Crippen molar-refractivity contribution in [3.8, 4) is 11.5 Å². The first kappa shape index (κ1) is 38.4. The van der Waals surface area contributed by atoms with Crippen molar-refractivity contribution in [2.24, 2.45) is 0 Å². The van der Waals surface area contributed by atoms with E-state index in [-0.39, 0.29) is 37.0 Å². The van der Waals surface area contributed by atoms with Gasteiger partial charge in [0.2, 0.25) is 0 Å². The summed E-state index contributed by atoms with van der Waals surface area (Å²) in [6.07, 6.45) is 0.500. The third-order valence-corrected chi connectivity index (χ3v) is 3.58. The molecule has 0 heterocycles. The SMILES string of the molecule is CC.CNc1cccc(Cl)c1.COc1[c-]cc(OC)cc1.[CH2-]C=O.[CH3-].[Na+].[S-]c1ccccc1. The van der Waals surface area contributed by atoms with Crippen molar-refractivity contribution < 1.29 is 43.8 Å². The van der Waals surface area contributed by atoms with Gasteiger partial charge in [0.15, 0.2) is 0 Å². The van der Waals surface area contributed by atoms with Crippen LogP contribution in [0.4, 0.5) is 5.69 Å². The Hall–Kier alpha value is -1.89. The van der Waals surface area contributed by atoms with Gasteiger partial charge in [0, 0.05) is 29.3 Å². The van der Waals surface area contributed by atoms with Crippen molar-refractivity contribution >= 4 is 36.2 Å². The van der Waals surface area contributed by atoms with E-state index in [0.717, 1.165) is 27.1 Å². The van der Waals surface area contributed by atoms with E-state index in [1.165, 1.54) is 0 Å². The molecule has 0 aliphatic rings. The van der Waals surface area contributed by atoms with Crippen LogP contribution in [-0.4, -0.2) is 27.6 Å². The molecule has 0 amide bonds. The number of hydrogen-bond donors (Lipinski definition) is 1. The summed E-state index contributed by atoms with van der Waals surface area (Å²) >= 11 is 10.5. The van der Waals surface area contributed by atoms with E-state index >= 15 is 0 Å². The Bertz CT molecular complexity index is 768. The molecule has 1 N–H and O–H groups in total. The monoisotopic (exact) mass is 498 g/mol. The van der Waals surface area contributed by atoms with Crippen LogP contribution < -0.4 is 44.3 Å². The first-order valence-electron chi connectivity index (χ1n) is 9.48. The second-order valence-electron chi connectivity index (χ2n) is 5.04. The summed E-state index contributed by atoms with van der Waals surface area (Å²) in [5.41, 5.74) is 1.04. The third kappa shape index (κ3) is 23.1. The van der Waals surface area contributed by atoms with E-state index in [0.29, 0.717) is 6.29 Å². The summed E-state index contributed by atoms with van der Waals surface area (Å²) in [6, 6.07) is 25.5. The number of nitrogens with one attached hydrogen (secondary N) is 1. The fourth-order valence-corrected chi connectivity index (χ4v) is 2.06. The van der Waals surface area contributed by atoms with E-state index in [9.17, 15) is 0 Å². The quantitative estimate of drug-likeness (QED) is 0.256. The van der Waals surface area contributed by atoms with Crippen LogP contribution in [0.1, 0.15) is 13.8 Å². The number of carbonyl (C=O) groups is 1. The van der Waals surface area contributed by atoms with Gasteiger partial charge < -0.3 is 46.6 Å². The number of aldehydes is 1. The zero-order valence-corrected chi connectivity index (χ0v) is 24.3. The van der Waals surface area contributed by atoms with Crippen LogP contribution in [0.2, 0.25) is 5.02 Å². The van der Waals surface area contributed by atoms with Crippen LogP contribution in [0, 0.1) is 20.4 Å². The summed E-state index contributed by atoms with van der Waals surface area (Å²) in [5.74, 6) is 1.52. The topological polar surface area (TPSA) is 47.6 Å². The minimum atomic E-state index is 0. The number of halogens is 1. The molecule has 0 aliphatic carbocycles. The van der Waals surface area contributed by atoms with Crippen molar-refractivity contribution in [1.29, 1.82) is 0 Å². The predicted molar refractivity (Wildman–Crippen MR) is 141 cm³/mol. The van der Waals surface area contributed by atoms with E-state index < -0.39 is 0 Å². The molecule has 3 aromatic rings. The van der Waals surface area contributed by atoms with Gasteiger partial charge >= 0.3 is 29.6 Å². The molecule has 0 fully saturated rings. The normalized spacial score (nSPS) is 7.58. The molecule has 7 heteroatoms. The van der Waals surface area contributed by atoms with Gasteiger partial charge in [-0.1, -0.05) is 61.8 Å². The minimum Gasteiger partial charge on any atom is -0.780 e. The number of ether oxygens (including phenoxy) is 2. The Morgan fingerprint density at radius 2 is 1.58 bits per heavy atom. The first-order chi connectivity index (χ1) is 15.0. The molecule has 0 aromatic heterocycles. The molecule has 0 bridgehead atoms. The Kier molecular flexibility index (Phi) is 32.7. The van der Waals surface area contributed by atoms with Gasteiger partial charge in [-0.2, -0.15) is 4.90 Å². The molecule has 0 unspecified atom stereocenters. The summed E-state index contributed by atoms with van der Waals surface area (Å²) < 4.78 is 9.83. The average Bonchev–Trinajstić information content (AvgIpc) is 2.82. The van der Waals surface area contributed by atoms with E-state index in [2.05, 4.69) is 18.3 Å².